The largest absolute Gasteiger partial charge is 0.460 e. The van der Waals surface area contributed by atoms with Crippen LogP contribution < -0.4 is 5.32 Å². The lowest BCUT2D eigenvalue weighted by Gasteiger charge is -2.26. The Labute approximate surface area is 165 Å². The summed E-state index contributed by atoms with van der Waals surface area (Å²) in [6.45, 7) is -0.228. The molecule has 0 radical (unpaired) electrons. The molecule has 1 aromatic rings. The zero-order valence-corrected chi connectivity index (χ0v) is 16.0. The molecule has 0 saturated carbocycles. The van der Waals surface area contributed by atoms with E-state index in [0.717, 1.165) is 0 Å². The van der Waals surface area contributed by atoms with Crippen molar-refractivity contribution in [3.05, 3.63) is 51.0 Å². The molecule has 8 heteroatoms. The summed E-state index contributed by atoms with van der Waals surface area (Å²) in [6, 6.07) is 6.74. The van der Waals surface area contributed by atoms with Crippen LogP contribution in [0.4, 0.5) is 5.69 Å². The van der Waals surface area contributed by atoms with Gasteiger partial charge in [-0.2, -0.15) is 0 Å². The van der Waals surface area contributed by atoms with Crippen LogP contribution in [-0.4, -0.2) is 18.5 Å². The van der Waals surface area contributed by atoms with Gasteiger partial charge in [0, 0.05) is 10.7 Å². The zero-order chi connectivity index (χ0) is 18.4. The minimum atomic E-state index is -0.601. The molecule has 2 atom stereocenters. The summed E-state index contributed by atoms with van der Waals surface area (Å²) in [6.07, 6.45) is 4.58. The summed E-state index contributed by atoms with van der Waals surface area (Å²) in [5.74, 6) is -1.92. The summed E-state index contributed by atoms with van der Waals surface area (Å²) >= 11 is 22.6. The Morgan fingerprint density at radius 1 is 1.04 bits per heavy atom. The lowest BCUT2D eigenvalue weighted by atomic mass is 9.82. The molecule has 0 aromatic heterocycles. The predicted octanol–water partition coefficient (Wildman–Crippen LogP) is 5.29. The highest BCUT2D eigenvalue weighted by atomic mass is 35.5. The van der Waals surface area contributed by atoms with Crippen molar-refractivity contribution in [3.63, 3.8) is 0 Å². The van der Waals surface area contributed by atoms with Crippen LogP contribution in [0.5, 0.6) is 0 Å². The fraction of sp³-hybridized carbons (Fsp3) is 0.294. The van der Waals surface area contributed by atoms with Gasteiger partial charge in [-0.1, -0.05) is 58.6 Å². The molecule has 4 nitrogen and oxygen atoms in total. The van der Waals surface area contributed by atoms with Gasteiger partial charge in [0.05, 0.1) is 16.9 Å². The first kappa shape index (κ1) is 20.1. The summed E-state index contributed by atoms with van der Waals surface area (Å²) in [7, 11) is 0. The van der Waals surface area contributed by atoms with Gasteiger partial charge >= 0.3 is 5.97 Å². The minimum Gasteiger partial charge on any atom is -0.460 e. The lowest BCUT2D eigenvalue weighted by molar-refractivity contribution is -0.151. The van der Waals surface area contributed by atoms with Crippen LogP contribution in [0.2, 0.25) is 5.02 Å². The third kappa shape index (κ3) is 5.93. The van der Waals surface area contributed by atoms with E-state index < -0.39 is 17.8 Å². The monoisotopic (exact) mass is 421 g/mol. The first-order valence-corrected chi connectivity index (χ1v) is 8.97. The van der Waals surface area contributed by atoms with Crippen molar-refractivity contribution >= 4 is 64.0 Å². The number of halogens is 4. The van der Waals surface area contributed by atoms with Gasteiger partial charge in [0.25, 0.3) is 0 Å². The van der Waals surface area contributed by atoms with E-state index in [9.17, 15) is 9.59 Å². The molecule has 0 aliphatic heterocycles. The Hall–Kier alpha value is -1.20. The first-order valence-electron chi connectivity index (χ1n) is 7.46. The predicted molar refractivity (Wildman–Crippen MR) is 101 cm³/mol. The summed E-state index contributed by atoms with van der Waals surface area (Å²) in [5.41, 5.74) is 0.607. The molecule has 2 rings (SSSR count). The molecule has 134 valence electrons. The summed E-state index contributed by atoms with van der Waals surface area (Å²) < 4.78 is 4.96. The van der Waals surface area contributed by atoms with Crippen LogP contribution in [0.25, 0.3) is 0 Å². The Balaban J connectivity index is 2.03. The molecular weight excluding hydrogens is 408 g/mol. The van der Waals surface area contributed by atoms with Crippen LogP contribution in [0, 0.1) is 11.8 Å². The fourth-order valence-electron chi connectivity index (χ4n) is 2.43. The van der Waals surface area contributed by atoms with Crippen molar-refractivity contribution in [2.24, 2.45) is 11.8 Å². The molecule has 2 unspecified atom stereocenters. The summed E-state index contributed by atoms with van der Waals surface area (Å²) in [5, 5.41) is 3.39. The van der Waals surface area contributed by atoms with Crippen molar-refractivity contribution in [2.75, 3.05) is 11.9 Å². The van der Waals surface area contributed by atoms with Gasteiger partial charge in [0.1, 0.15) is 11.1 Å². The molecule has 25 heavy (non-hydrogen) atoms. The second-order valence-electron chi connectivity index (χ2n) is 5.42. The highest BCUT2D eigenvalue weighted by Gasteiger charge is 2.35. The van der Waals surface area contributed by atoms with E-state index in [1.54, 1.807) is 24.3 Å². The van der Waals surface area contributed by atoms with Crippen molar-refractivity contribution < 1.29 is 14.3 Å². The fourth-order valence-corrected chi connectivity index (χ4v) is 2.72. The van der Waals surface area contributed by atoms with Gasteiger partial charge in [-0.05, 0) is 37.1 Å². The Kier molecular flexibility index (Phi) is 7.63. The third-order valence-corrected chi connectivity index (χ3v) is 4.93. The normalized spacial score (nSPS) is 19.2. The zero-order valence-electron chi connectivity index (χ0n) is 13.0. The molecule has 0 saturated heterocycles. The molecule has 0 spiro atoms. The summed E-state index contributed by atoms with van der Waals surface area (Å²) in [4.78, 5) is 24.9. The Bertz CT molecular complexity index is 696. The van der Waals surface area contributed by atoms with Crippen molar-refractivity contribution in [1.29, 1.82) is 0 Å². The van der Waals surface area contributed by atoms with Crippen LogP contribution in [-0.2, 0) is 14.3 Å². The molecule has 1 aliphatic carbocycles. The van der Waals surface area contributed by atoms with E-state index in [1.165, 1.54) is 0 Å². The highest BCUT2D eigenvalue weighted by Crippen LogP contribution is 2.29. The minimum absolute atomic E-state index is 0.0326. The SMILES string of the molecule is O=C(Nc1ccc(Cl)cc1)C1CC=CCC1C(=O)OCC(Cl)=C(Cl)Cl. The molecule has 0 heterocycles. The number of anilines is 1. The molecule has 1 aliphatic rings. The lowest BCUT2D eigenvalue weighted by Crippen LogP contribution is -2.36. The van der Waals surface area contributed by atoms with Crippen molar-refractivity contribution in [2.45, 2.75) is 12.8 Å². The van der Waals surface area contributed by atoms with E-state index >= 15 is 0 Å². The van der Waals surface area contributed by atoms with Crippen LogP contribution >= 0.6 is 46.4 Å². The maximum absolute atomic E-state index is 12.6. The number of esters is 1. The van der Waals surface area contributed by atoms with E-state index in [1.807, 2.05) is 12.2 Å². The van der Waals surface area contributed by atoms with Crippen molar-refractivity contribution in [3.8, 4) is 0 Å². The van der Waals surface area contributed by atoms with Crippen LogP contribution in [0.15, 0.2) is 45.9 Å². The standard InChI is InChI=1S/C17H15Cl4NO3/c18-10-5-7-11(8-6-10)22-16(23)12-3-1-2-4-13(12)17(24)25-9-14(19)15(20)21/h1-2,5-8,12-13H,3-4,9H2,(H,22,23). The van der Waals surface area contributed by atoms with Gasteiger partial charge in [-0.3, -0.25) is 9.59 Å². The van der Waals surface area contributed by atoms with Crippen LogP contribution in [0.1, 0.15) is 12.8 Å². The number of benzene rings is 1. The number of ether oxygens (including phenoxy) is 1. The molecule has 1 amide bonds. The number of hydrogen-bond acceptors (Lipinski definition) is 3. The second-order valence-corrected chi connectivity index (χ2v) is 7.27. The molecule has 0 fully saturated rings. The topological polar surface area (TPSA) is 55.4 Å². The van der Waals surface area contributed by atoms with Gasteiger partial charge < -0.3 is 10.1 Å². The van der Waals surface area contributed by atoms with Crippen molar-refractivity contribution in [1.82, 2.24) is 0 Å². The maximum Gasteiger partial charge on any atom is 0.310 e. The van der Waals surface area contributed by atoms with Gasteiger partial charge in [0.2, 0.25) is 5.91 Å². The number of amides is 1. The van der Waals surface area contributed by atoms with Gasteiger partial charge in [-0.25, -0.2) is 0 Å². The molecular formula is C17H15Cl4NO3. The second kappa shape index (κ2) is 9.48. The Morgan fingerprint density at radius 3 is 2.24 bits per heavy atom. The molecule has 0 bridgehead atoms. The maximum atomic E-state index is 12.6. The number of carbonyl (C=O) groups is 2. The molecule has 1 N–H and O–H groups in total. The van der Waals surface area contributed by atoms with E-state index in [4.69, 9.17) is 51.1 Å². The number of hydrogen-bond donors (Lipinski definition) is 1. The number of allylic oxidation sites excluding steroid dienone is 2. The molecule has 1 aromatic carbocycles. The van der Waals surface area contributed by atoms with Gasteiger partial charge in [-0.15, -0.1) is 0 Å². The quantitative estimate of drug-likeness (QED) is 0.518. The number of rotatable bonds is 5. The number of carbonyl (C=O) groups excluding carboxylic acids is 2. The van der Waals surface area contributed by atoms with E-state index in [0.29, 0.717) is 23.6 Å². The van der Waals surface area contributed by atoms with Gasteiger partial charge in [0.15, 0.2) is 0 Å². The smallest absolute Gasteiger partial charge is 0.310 e. The highest BCUT2D eigenvalue weighted by molar-refractivity contribution is 6.59. The Morgan fingerprint density at radius 2 is 1.64 bits per heavy atom. The van der Waals surface area contributed by atoms with Crippen LogP contribution in [0.3, 0.4) is 0 Å². The number of nitrogens with one attached hydrogen (secondary N) is 1. The van der Waals surface area contributed by atoms with E-state index in [-0.39, 0.29) is 22.0 Å². The van der Waals surface area contributed by atoms with E-state index in [2.05, 4.69) is 5.32 Å². The first-order chi connectivity index (χ1) is 11.9. The average Bonchev–Trinajstić information content (AvgIpc) is 2.61. The average molecular weight is 423 g/mol. The third-order valence-electron chi connectivity index (χ3n) is 3.73.